The maximum absolute atomic E-state index is 12.1. The van der Waals surface area contributed by atoms with Crippen molar-refractivity contribution in [3.63, 3.8) is 0 Å². The van der Waals surface area contributed by atoms with Gasteiger partial charge in [0.05, 0.1) is 0 Å². The van der Waals surface area contributed by atoms with Gasteiger partial charge in [-0.1, -0.05) is 29.8 Å². The van der Waals surface area contributed by atoms with Crippen LogP contribution in [0.15, 0.2) is 42.5 Å². The third-order valence-electron chi connectivity index (χ3n) is 4.20. The Kier molecular flexibility index (Phi) is 5.24. The summed E-state index contributed by atoms with van der Waals surface area (Å²) in [6, 6.07) is 12.6. The molecule has 5 nitrogen and oxygen atoms in total. The van der Waals surface area contributed by atoms with E-state index in [-0.39, 0.29) is 11.9 Å². The van der Waals surface area contributed by atoms with E-state index in [0.717, 1.165) is 29.8 Å². The van der Waals surface area contributed by atoms with Gasteiger partial charge in [-0.3, -0.25) is 4.79 Å². The Morgan fingerprint density at radius 3 is 2.64 bits per heavy atom. The number of carbonyl (C=O) groups excluding carboxylic acids is 2. The normalized spacial score (nSPS) is 13.8. The standard InChI is InChI=1S/C19H20ClN3O2/c1-13-4-9-16(11-17(13)23-10-2-3-18(23)24)22-19(25)21-12-14-5-7-15(20)8-6-14/h4-9,11H,2-3,10,12H2,1H3,(H2,21,22,25). The monoisotopic (exact) mass is 357 g/mol. The van der Waals surface area contributed by atoms with Gasteiger partial charge in [0.15, 0.2) is 0 Å². The van der Waals surface area contributed by atoms with Gasteiger partial charge in [0, 0.05) is 35.9 Å². The van der Waals surface area contributed by atoms with Crippen molar-refractivity contribution in [1.82, 2.24) is 5.32 Å². The fourth-order valence-corrected chi connectivity index (χ4v) is 2.97. The van der Waals surface area contributed by atoms with Crippen LogP contribution in [-0.4, -0.2) is 18.5 Å². The zero-order valence-corrected chi connectivity index (χ0v) is 14.8. The first kappa shape index (κ1) is 17.3. The molecule has 0 aliphatic carbocycles. The quantitative estimate of drug-likeness (QED) is 0.865. The molecule has 0 aromatic heterocycles. The third-order valence-corrected chi connectivity index (χ3v) is 4.45. The second kappa shape index (κ2) is 7.57. The highest BCUT2D eigenvalue weighted by molar-refractivity contribution is 6.30. The number of anilines is 2. The van der Waals surface area contributed by atoms with E-state index < -0.39 is 0 Å². The van der Waals surface area contributed by atoms with E-state index in [1.807, 2.05) is 37.3 Å². The molecule has 25 heavy (non-hydrogen) atoms. The molecule has 0 unspecified atom stereocenters. The van der Waals surface area contributed by atoms with E-state index in [0.29, 0.717) is 23.7 Å². The predicted octanol–water partition coefficient (Wildman–Crippen LogP) is 4.10. The Labute approximate surface area is 152 Å². The molecular formula is C19H20ClN3O2. The first-order valence-electron chi connectivity index (χ1n) is 8.23. The molecule has 1 aliphatic heterocycles. The van der Waals surface area contributed by atoms with E-state index >= 15 is 0 Å². The summed E-state index contributed by atoms with van der Waals surface area (Å²) in [7, 11) is 0. The average molecular weight is 358 g/mol. The van der Waals surface area contributed by atoms with Crippen LogP contribution >= 0.6 is 11.6 Å². The molecule has 0 saturated carbocycles. The predicted molar refractivity (Wildman–Crippen MR) is 100 cm³/mol. The van der Waals surface area contributed by atoms with Crippen molar-refractivity contribution in [1.29, 1.82) is 0 Å². The number of urea groups is 1. The fourth-order valence-electron chi connectivity index (χ4n) is 2.84. The number of nitrogens with zero attached hydrogens (tertiary/aromatic N) is 1. The molecule has 0 bridgehead atoms. The highest BCUT2D eigenvalue weighted by atomic mass is 35.5. The summed E-state index contributed by atoms with van der Waals surface area (Å²) >= 11 is 5.85. The molecule has 1 fully saturated rings. The van der Waals surface area contributed by atoms with Crippen LogP contribution in [0.4, 0.5) is 16.2 Å². The van der Waals surface area contributed by atoms with Gasteiger partial charge in [-0.2, -0.15) is 0 Å². The number of amides is 3. The van der Waals surface area contributed by atoms with Gasteiger partial charge in [-0.15, -0.1) is 0 Å². The maximum Gasteiger partial charge on any atom is 0.319 e. The SMILES string of the molecule is Cc1ccc(NC(=O)NCc2ccc(Cl)cc2)cc1N1CCCC1=O. The average Bonchev–Trinajstić information content (AvgIpc) is 3.02. The van der Waals surface area contributed by atoms with E-state index in [9.17, 15) is 9.59 Å². The molecule has 1 saturated heterocycles. The lowest BCUT2D eigenvalue weighted by atomic mass is 10.1. The number of carbonyl (C=O) groups is 2. The highest BCUT2D eigenvalue weighted by Crippen LogP contribution is 2.28. The second-order valence-corrected chi connectivity index (χ2v) is 6.52. The molecule has 2 aromatic rings. The minimum Gasteiger partial charge on any atom is -0.334 e. The molecule has 0 radical (unpaired) electrons. The lowest BCUT2D eigenvalue weighted by Crippen LogP contribution is -2.28. The van der Waals surface area contributed by atoms with Gasteiger partial charge in [0.1, 0.15) is 0 Å². The summed E-state index contributed by atoms with van der Waals surface area (Å²) in [5.74, 6) is 0.132. The summed E-state index contributed by atoms with van der Waals surface area (Å²) in [5.41, 5.74) is 3.50. The van der Waals surface area contributed by atoms with Gasteiger partial charge >= 0.3 is 6.03 Å². The fraction of sp³-hybridized carbons (Fsp3) is 0.263. The van der Waals surface area contributed by atoms with Crippen molar-refractivity contribution in [3.8, 4) is 0 Å². The van der Waals surface area contributed by atoms with Crippen LogP contribution in [0.25, 0.3) is 0 Å². The summed E-state index contributed by atoms with van der Waals surface area (Å²) in [4.78, 5) is 25.9. The summed E-state index contributed by atoms with van der Waals surface area (Å²) < 4.78 is 0. The topological polar surface area (TPSA) is 61.4 Å². The second-order valence-electron chi connectivity index (χ2n) is 6.08. The summed E-state index contributed by atoms with van der Waals surface area (Å²) in [6.45, 7) is 3.10. The third kappa shape index (κ3) is 4.31. The number of rotatable bonds is 4. The Morgan fingerprint density at radius 2 is 1.96 bits per heavy atom. The lowest BCUT2D eigenvalue weighted by molar-refractivity contribution is -0.117. The molecule has 0 atom stereocenters. The van der Waals surface area contributed by atoms with Gasteiger partial charge in [-0.05, 0) is 48.7 Å². The smallest absolute Gasteiger partial charge is 0.319 e. The lowest BCUT2D eigenvalue weighted by Gasteiger charge is -2.19. The van der Waals surface area contributed by atoms with E-state index in [2.05, 4.69) is 10.6 Å². The first-order chi connectivity index (χ1) is 12.0. The van der Waals surface area contributed by atoms with Crippen molar-refractivity contribution >= 4 is 34.9 Å². The number of hydrogen-bond donors (Lipinski definition) is 2. The molecule has 2 aromatic carbocycles. The van der Waals surface area contributed by atoms with Gasteiger partial charge < -0.3 is 15.5 Å². The van der Waals surface area contributed by atoms with Gasteiger partial charge in [0.2, 0.25) is 5.91 Å². The molecule has 3 rings (SSSR count). The molecule has 130 valence electrons. The number of nitrogens with one attached hydrogen (secondary N) is 2. The summed E-state index contributed by atoms with van der Waals surface area (Å²) in [5, 5.41) is 6.28. The minimum atomic E-state index is -0.294. The number of hydrogen-bond acceptors (Lipinski definition) is 2. The Balaban J connectivity index is 1.63. The molecular weight excluding hydrogens is 338 g/mol. The van der Waals surface area contributed by atoms with Crippen LogP contribution in [0.5, 0.6) is 0 Å². The van der Waals surface area contributed by atoms with Crippen LogP contribution in [-0.2, 0) is 11.3 Å². The zero-order chi connectivity index (χ0) is 17.8. The minimum absolute atomic E-state index is 0.132. The molecule has 1 heterocycles. The van der Waals surface area contributed by atoms with E-state index in [1.165, 1.54) is 0 Å². The Hall–Kier alpha value is -2.53. The molecule has 3 amide bonds. The van der Waals surface area contributed by atoms with Gasteiger partial charge in [-0.25, -0.2) is 4.79 Å². The summed E-state index contributed by atoms with van der Waals surface area (Å²) in [6.07, 6.45) is 1.45. The number of aryl methyl sites for hydroxylation is 1. The molecule has 1 aliphatic rings. The van der Waals surface area contributed by atoms with Crippen LogP contribution in [0.2, 0.25) is 5.02 Å². The zero-order valence-electron chi connectivity index (χ0n) is 14.0. The van der Waals surface area contributed by atoms with Crippen LogP contribution in [0, 0.1) is 6.92 Å². The van der Waals surface area contributed by atoms with Crippen LogP contribution < -0.4 is 15.5 Å². The molecule has 2 N–H and O–H groups in total. The van der Waals surface area contributed by atoms with Crippen molar-refractivity contribution in [2.75, 3.05) is 16.8 Å². The largest absolute Gasteiger partial charge is 0.334 e. The van der Waals surface area contributed by atoms with Crippen molar-refractivity contribution in [2.45, 2.75) is 26.3 Å². The Bertz CT molecular complexity index is 790. The van der Waals surface area contributed by atoms with E-state index in [1.54, 1.807) is 17.0 Å². The Morgan fingerprint density at radius 1 is 1.20 bits per heavy atom. The van der Waals surface area contributed by atoms with Crippen LogP contribution in [0.3, 0.4) is 0 Å². The van der Waals surface area contributed by atoms with Crippen molar-refractivity contribution < 1.29 is 9.59 Å². The first-order valence-corrected chi connectivity index (χ1v) is 8.61. The molecule has 0 spiro atoms. The van der Waals surface area contributed by atoms with Crippen molar-refractivity contribution in [2.24, 2.45) is 0 Å². The highest BCUT2D eigenvalue weighted by Gasteiger charge is 2.23. The number of benzene rings is 2. The van der Waals surface area contributed by atoms with E-state index in [4.69, 9.17) is 11.6 Å². The van der Waals surface area contributed by atoms with Crippen molar-refractivity contribution in [3.05, 3.63) is 58.6 Å². The number of halogens is 1. The maximum atomic E-state index is 12.1. The van der Waals surface area contributed by atoms with Crippen LogP contribution in [0.1, 0.15) is 24.0 Å². The van der Waals surface area contributed by atoms with Gasteiger partial charge in [0.25, 0.3) is 0 Å². The molecule has 6 heteroatoms.